The molecule has 0 unspecified atom stereocenters. The summed E-state index contributed by atoms with van der Waals surface area (Å²) in [7, 11) is 1.85. The molecular formula is C22H25N5O2. The van der Waals surface area contributed by atoms with Crippen LogP contribution in [-0.4, -0.2) is 31.5 Å². The fourth-order valence-corrected chi connectivity index (χ4v) is 4.40. The third-order valence-corrected chi connectivity index (χ3v) is 6.19. The highest BCUT2D eigenvalue weighted by atomic mass is 16.2. The van der Waals surface area contributed by atoms with E-state index in [1.54, 1.807) is 15.4 Å². The van der Waals surface area contributed by atoms with Gasteiger partial charge in [-0.05, 0) is 50.7 Å². The molecule has 1 amide bonds. The van der Waals surface area contributed by atoms with Crippen LogP contribution in [0, 0.1) is 0 Å². The Hall–Kier alpha value is -2.96. The smallest absolute Gasteiger partial charge is 0.272 e. The number of benzene rings is 1. The molecule has 2 aliphatic carbocycles. The van der Waals surface area contributed by atoms with Gasteiger partial charge in [0.05, 0.1) is 17.3 Å². The number of hydrogen-bond donors (Lipinski definition) is 1. The van der Waals surface area contributed by atoms with Crippen LogP contribution < -0.4 is 10.9 Å². The third-order valence-electron chi connectivity index (χ3n) is 6.19. The van der Waals surface area contributed by atoms with Gasteiger partial charge in [0.1, 0.15) is 0 Å². The highest BCUT2D eigenvalue weighted by Crippen LogP contribution is 2.38. The van der Waals surface area contributed by atoms with Crippen LogP contribution >= 0.6 is 0 Å². The first-order valence-electron chi connectivity index (χ1n) is 10.4. The number of hydrogen-bond acceptors (Lipinski definition) is 4. The fourth-order valence-electron chi connectivity index (χ4n) is 4.40. The summed E-state index contributed by atoms with van der Waals surface area (Å²) in [6, 6.07) is 11.5. The number of carbonyl (C=O) groups excluding carboxylic acids is 1. The lowest BCUT2D eigenvalue weighted by atomic mass is 9.91. The minimum Gasteiger partial charge on any atom is -0.348 e. The first-order valence-corrected chi connectivity index (χ1v) is 10.4. The molecule has 7 heteroatoms. The molecule has 2 fully saturated rings. The number of para-hydroxylation sites is 1. The molecule has 29 heavy (non-hydrogen) atoms. The molecule has 0 atom stereocenters. The summed E-state index contributed by atoms with van der Waals surface area (Å²) < 4.78 is 3.42. The van der Waals surface area contributed by atoms with Crippen LogP contribution in [0.3, 0.4) is 0 Å². The lowest BCUT2D eigenvalue weighted by Gasteiger charge is -2.29. The van der Waals surface area contributed by atoms with Gasteiger partial charge in [-0.1, -0.05) is 18.2 Å². The monoisotopic (exact) mass is 391 g/mol. The second-order valence-electron chi connectivity index (χ2n) is 8.28. The summed E-state index contributed by atoms with van der Waals surface area (Å²) in [5, 5.41) is 13.1. The van der Waals surface area contributed by atoms with Crippen LogP contribution in [-0.2, 0) is 7.05 Å². The number of aryl methyl sites for hydroxylation is 1. The van der Waals surface area contributed by atoms with Gasteiger partial charge in [-0.25, -0.2) is 4.68 Å². The number of aromatic nitrogens is 4. The van der Waals surface area contributed by atoms with E-state index in [4.69, 9.17) is 0 Å². The van der Waals surface area contributed by atoms with Gasteiger partial charge in [0, 0.05) is 30.5 Å². The molecule has 1 aromatic carbocycles. The van der Waals surface area contributed by atoms with Gasteiger partial charge >= 0.3 is 0 Å². The summed E-state index contributed by atoms with van der Waals surface area (Å²) in [5.74, 6) is 0.405. The van der Waals surface area contributed by atoms with E-state index in [2.05, 4.69) is 15.5 Å². The maximum atomic E-state index is 12.8. The largest absolute Gasteiger partial charge is 0.348 e. The van der Waals surface area contributed by atoms with E-state index in [9.17, 15) is 9.59 Å². The molecule has 2 aliphatic rings. The molecule has 150 valence electrons. The highest BCUT2D eigenvalue weighted by molar-refractivity contribution is 6.04. The molecule has 0 aliphatic heterocycles. The second-order valence-corrected chi connectivity index (χ2v) is 8.28. The maximum Gasteiger partial charge on any atom is 0.272 e. The van der Waals surface area contributed by atoms with Gasteiger partial charge in [-0.15, -0.1) is 0 Å². The summed E-state index contributed by atoms with van der Waals surface area (Å²) in [5.41, 5.74) is 2.44. The average molecular weight is 391 g/mol. The Bertz CT molecular complexity index is 1120. The molecule has 5 rings (SSSR count). The summed E-state index contributed by atoms with van der Waals surface area (Å²) in [6.45, 7) is 0. The minimum absolute atomic E-state index is 0.0261. The Kier molecular flexibility index (Phi) is 4.45. The van der Waals surface area contributed by atoms with E-state index in [0.717, 1.165) is 42.3 Å². The summed E-state index contributed by atoms with van der Waals surface area (Å²) >= 11 is 0. The van der Waals surface area contributed by atoms with Crippen LogP contribution in [0.25, 0.3) is 10.9 Å². The molecule has 2 aromatic heterocycles. The molecule has 1 N–H and O–H groups in total. The molecular weight excluding hydrogens is 366 g/mol. The van der Waals surface area contributed by atoms with Crippen LogP contribution in [0.4, 0.5) is 0 Å². The van der Waals surface area contributed by atoms with E-state index >= 15 is 0 Å². The first kappa shape index (κ1) is 18.1. The Morgan fingerprint density at radius 3 is 2.52 bits per heavy atom. The van der Waals surface area contributed by atoms with Gasteiger partial charge < -0.3 is 5.32 Å². The van der Waals surface area contributed by atoms with Crippen molar-refractivity contribution in [1.82, 2.24) is 24.9 Å². The molecule has 2 saturated carbocycles. The molecule has 7 nitrogen and oxygen atoms in total. The average Bonchev–Trinajstić information content (AvgIpc) is 3.53. The van der Waals surface area contributed by atoms with Crippen molar-refractivity contribution in [2.45, 2.75) is 56.5 Å². The van der Waals surface area contributed by atoms with Crippen molar-refractivity contribution >= 4 is 16.8 Å². The number of rotatable bonds is 4. The van der Waals surface area contributed by atoms with E-state index < -0.39 is 0 Å². The fraction of sp³-hybridized carbons (Fsp3) is 0.455. The molecule has 0 radical (unpaired) electrons. The third kappa shape index (κ3) is 3.45. The van der Waals surface area contributed by atoms with Crippen LogP contribution in [0.15, 0.2) is 41.2 Å². The zero-order valence-electron chi connectivity index (χ0n) is 16.5. The lowest BCUT2D eigenvalue weighted by Crippen LogP contribution is -2.40. The van der Waals surface area contributed by atoms with Crippen LogP contribution in [0.5, 0.6) is 0 Å². The first-order chi connectivity index (χ1) is 14.1. The number of fused-ring (bicyclic) bond motifs is 1. The number of carbonyl (C=O) groups is 1. The van der Waals surface area contributed by atoms with Gasteiger partial charge in [0.15, 0.2) is 5.69 Å². The summed E-state index contributed by atoms with van der Waals surface area (Å²) in [6.07, 6.45) is 5.70. The number of nitrogens with zero attached hydrogens (tertiary/aromatic N) is 4. The van der Waals surface area contributed by atoms with E-state index in [1.165, 1.54) is 12.8 Å². The Balaban J connectivity index is 1.26. The lowest BCUT2D eigenvalue weighted by molar-refractivity contribution is 0.0917. The standard InChI is InChI=1S/C22H25N5O2/c1-26-19-5-3-2-4-17(19)21(25-26)22(29)23-15-8-10-16(11-9-15)27-20(28)13-12-18(24-27)14-6-7-14/h2-5,12-16H,6-11H2,1H3,(H,23,29). The van der Waals surface area contributed by atoms with Gasteiger partial charge in [-0.3, -0.25) is 14.3 Å². The topological polar surface area (TPSA) is 81.8 Å². The van der Waals surface area contributed by atoms with Crippen molar-refractivity contribution in [3.8, 4) is 0 Å². The van der Waals surface area contributed by atoms with E-state index in [1.807, 2.05) is 37.4 Å². The van der Waals surface area contributed by atoms with Crippen molar-refractivity contribution in [2.24, 2.45) is 7.05 Å². The zero-order chi connectivity index (χ0) is 20.0. The predicted octanol–water partition coefficient (Wildman–Crippen LogP) is 2.92. The predicted molar refractivity (Wildman–Crippen MR) is 110 cm³/mol. The van der Waals surface area contributed by atoms with Crippen molar-refractivity contribution in [3.63, 3.8) is 0 Å². The van der Waals surface area contributed by atoms with Crippen molar-refractivity contribution in [2.75, 3.05) is 0 Å². The Morgan fingerprint density at radius 1 is 1.00 bits per heavy atom. The van der Waals surface area contributed by atoms with Crippen molar-refractivity contribution < 1.29 is 4.79 Å². The molecule has 2 heterocycles. The maximum absolute atomic E-state index is 12.8. The molecule has 0 spiro atoms. The van der Waals surface area contributed by atoms with E-state index in [0.29, 0.717) is 11.6 Å². The minimum atomic E-state index is -0.128. The van der Waals surface area contributed by atoms with Gasteiger partial charge in [0.2, 0.25) is 0 Å². The van der Waals surface area contributed by atoms with E-state index in [-0.39, 0.29) is 23.6 Å². The van der Waals surface area contributed by atoms with Crippen LogP contribution in [0.1, 0.15) is 66.7 Å². The van der Waals surface area contributed by atoms with Gasteiger partial charge in [-0.2, -0.15) is 10.2 Å². The van der Waals surface area contributed by atoms with Crippen molar-refractivity contribution in [1.29, 1.82) is 0 Å². The Morgan fingerprint density at radius 2 is 1.76 bits per heavy atom. The second kappa shape index (κ2) is 7.13. The van der Waals surface area contributed by atoms with Gasteiger partial charge in [0.25, 0.3) is 11.5 Å². The Labute approximate surface area is 168 Å². The van der Waals surface area contributed by atoms with Crippen LogP contribution in [0.2, 0.25) is 0 Å². The number of nitrogens with one attached hydrogen (secondary N) is 1. The molecule has 0 saturated heterocycles. The quantitative estimate of drug-likeness (QED) is 0.741. The van der Waals surface area contributed by atoms with Crippen molar-refractivity contribution in [3.05, 3.63) is 58.1 Å². The number of amides is 1. The SMILES string of the molecule is Cn1nc(C(=O)NC2CCC(n3nc(C4CC4)ccc3=O)CC2)c2ccccc21. The molecule has 3 aromatic rings. The molecule has 0 bridgehead atoms. The highest BCUT2D eigenvalue weighted by Gasteiger charge is 2.29. The summed E-state index contributed by atoms with van der Waals surface area (Å²) in [4.78, 5) is 25.1. The zero-order valence-corrected chi connectivity index (χ0v) is 16.5. The normalized spacial score (nSPS) is 22.0.